The molecule has 0 radical (unpaired) electrons. The molecule has 0 fully saturated rings. The van der Waals surface area contributed by atoms with Crippen LogP contribution in [0.1, 0.15) is 15.9 Å². The van der Waals surface area contributed by atoms with Crippen molar-refractivity contribution in [1.82, 2.24) is 4.90 Å². The summed E-state index contributed by atoms with van der Waals surface area (Å²) in [6.07, 6.45) is 0. The molecule has 0 aliphatic heterocycles. The quantitative estimate of drug-likeness (QED) is 0.693. The summed E-state index contributed by atoms with van der Waals surface area (Å²) in [4.78, 5) is 25.9. The number of benzene rings is 2. The van der Waals surface area contributed by atoms with Gasteiger partial charge in [-0.25, -0.2) is 4.79 Å². The summed E-state index contributed by atoms with van der Waals surface area (Å²) in [6, 6.07) is 12.0. The smallest absolute Gasteiger partial charge is 0.342 e. The highest BCUT2D eigenvalue weighted by molar-refractivity contribution is 6.31. The van der Waals surface area contributed by atoms with Crippen LogP contribution in [-0.2, 0) is 16.1 Å². The molecule has 26 heavy (non-hydrogen) atoms. The Morgan fingerprint density at radius 2 is 1.73 bits per heavy atom. The van der Waals surface area contributed by atoms with Crippen molar-refractivity contribution in [2.75, 3.05) is 27.9 Å². The first kappa shape index (κ1) is 19.6. The molecule has 0 unspecified atom stereocenters. The van der Waals surface area contributed by atoms with Gasteiger partial charge in [-0.05, 0) is 24.3 Å². The zero-order valence-electron chi connectivity index (χ0n) is 14.8. The molecule has 1 amide bonds. The van der Waals surface area contributed by atoms with Crippen molar-refractivity contribution in [3.8, 4) is 11.5 Å². The summed E-state index contributed by atoms with van der Waals surface area (Å²) in [5.41, 5.74) is 1.02. The van der Waals surface area contributed by atoms with E-state index in [-0.39, 0.29) is 18.1 Å². The van der Waals surface area contributed by atoms with Gasteiger partial charge in [-0.2, -0.15) is 0 Å². The van der Waals surface area contributed by atoms with Gasteiger partial charge in [0.1, 0.15) is 17.1 Å². The van der Waals surface area contributed by atoms with E-state index in [4.69, 9.17) is 25.8 Å². The lowest BCUT2D eigenvalue weighted by Crippen LogP contribution is -2.31. The van der Waals surface area contributed by atoms with Crippen LogP contribution in [0.5, 0.6) is 11.5 Å². The molecule has 0 bridgehead atoms. The SMILES string of the molecule is COc1ccccc1CN(C)C(=O)COC(=O)c1cc(Cl)ccc1OC. The average Bonchev–Trinajstić information content (AvgIpc) is 2.66. The minimum Gasteiger partial charge on any atom is -0.496 e. The number of carbonyl (C=O) groups excluding carboxylic acids is 2. The predicted molar refractivity (Wildman–Crippen MR) is 97.8 cm³/mol. The first-order chi connectivity index (χ1) is 12.5. The van der Waals surface area contributed by atoms with Crippen molar-refractivity contribution in [2.45, 2.75) is 6.54 Å². The van der Waals surface area contributed by atoms with E-state index in [1.807, 2.05) is 24.3 Å². The van der Waals surface area contributed by atoms with Crippen molar-refractivity contribution in [3.63, 3.8) is 0 Å². The Kier molecular flexibility index (Phi) is 6.86. The molecule has 0 aliphatic rings. The molecular formula is C19H20ClNO5. The highest BCUT2D eigenvalue weighted by Crippen LogP contribution is 2.23. The molecule has 0 heterocycles. The fourth-order valence-electron chi connectivity index (χ4n) is 2.33. The number of likely N-dealkylation sites (N-methyl/N-ethyl adjacent to an activating group) is 1. The first-order valence-electron chi connectivity index (χ1n) is 7.82. The summed E-state index contributed by atoms with van der Waals surface area (Å²) in [6.45, 7) is -0.0545. The van der Waals surface area contributed by atoms with Crippen LogP contribution >= 0.6 is 11.6 Å². The average molecular weight is 378 g/mol. The number of hydrogen-bond donors (Lipinski definition) is 0. The van der Waals surface area contributed by atoms with Crippen molar-refractivity contribution in [1.29, 1.82) is 0 Å². The molecular weight excluding hydrogens is 358 g/mol. The van der Waals surface area contributed by atoms with Gasteiger partial charge in [-0.1, -0.05) is 29.8 Å². The van der Waals surface area contributed by atoms with Crippen LogP contribution in [0, 0.1) is 0 Å². The fraction of sp³-hybridized carbons (Fsp3) is 0.263. The molecule has 2 aromatic rings. The molecule has 6 nitrogen and oxygen atoms in total. The number of hydrogen-bond acceptors (Lipinski definition) is 5. The minimum absolute atomic E-state index is 0.167. The highest BCUT2D eigenvalue weighted by Gasteiger charge is 2.18. The molecule has 0 saturated heterocycles. The topological polar surface area (TPSA) is 65.1 Å². The van der Waals surface area contributed by atoms with Crippen molar-refractivity contribution in [3.05, 3.63) is 58.6 Å². The Morgan fingerprint density at radius 1 is 1.04 bits per heavy atom. The van der Waals surface area contributed by atoms with Gasteiger partial charge in [-0.15, -0.1) is 0 Å². The van der Waals surface area contributed by atoms with Crippen molar-refractivity contribution >= 4 is 23.5 Å². The Hall–Kier alpha value is -2.73. The van der Waals surface area contributed by atoms with Crippen LogP contribution in [0.15, 0.2) is 42.5 Å². The number of halogens is 1. The van der Waals surface area contributed by atoms with Gasteiger partial charge in [0.25, 0.3) is 5.91 Å². The lowest BCUT2D eigenvalue weighted by Gasteiger charge is -2.19. The van der Waals surface area contributed by atoms with Gasteiger partial charge in [0.05, 0.1) is 14.2 Å². The molecule has 138 valence electrons. The Labute approximate surface area is 157 Å². The normalized spacial score (nSPS) is 10.2. The van der Waals surface area contributed by atoms with Gasteiger partial charge in [0.2, 0.25) is 0 Å². The zero-order chi connectivity index (χ0) is 19.1. The van der Waals surface area contributed by atoms with E-state index < -0.39 is 5.97 Å². The maximum absolute atomic E-state index is 12.3. The fourth-order valence-corrected chi connectivity index (χ4v) is 2.50. The maximum atomic E-state index is 12.3. The van der Waals surface area contributed by atoms with Crippen molar-refractivity contribution < 1.29 is 23.8 Å². The second kappa shape index (κ2) is 9.10. The van der Waals surface area contributed by atoms with Gasteiger partial charge in [0.15, 0.2) is 6.61 Å². The predicted octanol–water partition coefficient (Wildman–Crippen LogP) is 3.17. The summed E-state index contributed by atoms with van der Waals surface area (Å²) in [7, 11) is 4.63. The number of ether oxygens (including phenoxy) is 3. The van der Waals surface area contributed by atoms with Crippen LogP contribution < -0.4 is 9.47 Å². The molecule has 2 aromatic carbocycles. The van der Waals surface area contributed by atoms with Crippen LogP contribution in [0.3, 0.4) is 0 Å². The largest absolute Gasteiger partial charge is 0.496 e. The number of amides is 1. The molecule has 0 atom stereocenters. The van der Waals surface area contributed by atoms with Crippen molar-refractivity contribution in [2.24, 2.45) is 0 Å². The molecule has 0 saturated carbocycles. The maximum Gasteiger partial charge on any atom is 0.342 e. The van der Waals surface area contributed by atoms with E-state index in [0.29, 0.717) is 23.1 Å². The lowest BCUT2D eigenvalue weighted by atomic mass is 10.2. The first-order valence-corrected chi connectivity index (χ1v) is 8.20. The molecule has 0 aliphatic carbocycles. The summed E-state index contributed by atoms with van der Waals surface area (Å²) >= 11 is 5.90. The Balaban J connectivity index is 1.97. The highest BCUT2D eigenvalue weighted by atomic mass is 35.5. The third-order valence-electron chi connectivity index (χ3n) is 3.73. The molecule has 0 spiro atoms. The number of methoxy groups -OCH3 is 2. The van der Waals surface area contributed by atoms with E-state index >= 15 is 0 Å². The number of carbonyl (C=O) groups is 2. The molecule has 0 aromatic heterocycles. The van der Waals surface area contributed by atoms with E-state index in [0.717, 1.165) is 5.56 Å². The molecule has 0 N–H and O–H groups in total. The third-order valence-corrected chi connectivity index (χ3v) is 3.97. The van der Waals surface area contributed by atoms with Crippen LogP contribution in [0.2, 0.25) is 5.02 Å². The van der Waals surface area contributed by atoms with Crippen LogP contribution in [0.25, 0.3) is 0 Å². The van der Waals surface area contributed by atoms with E-state index in [9.17, 15) is 9.59 Å². The van der Waals surface area contributed by atoms with Gasteiger partial charge in [-0.3, -0.25) is 4.79 Å². The summed E-state index contributed by atoms with van der Waals surface area (Å²) in [5.74, 6) is -0.00400. The van der Waals surface area contributed by atoms with Gasteiger partial charge in [0, 0.05) is 24.2 Å². The van der Waals surface area contributed by atoms with E-state index in [1.165, 1.54) is 18.1 Å². The number of para-hydroxylation sites is 1. The van der Waals surface area contributed by atoms with Crippen LogP contribution in [0.4, 0.5) is 0 Å². The van der Waals surface area contributed by atoms with Crippen LogP contribution in [-0.4, -0.2) is 44.7 Å². The third kappa shape index (κ3) is 4.89. The standard InChI is InChI=1S/C19H20ClNO5/c1-21(11-13-6-4-5-7-16(13)24-2)18(22)12-26-19(23)15-10-14(20)8-9-17(15)25-3/h4-10H,11-12H2,1-3H3. The number of rotatable bonds is 7. The summed E-state index contributed by atoms with van der Waals surface area (Å²) < 4.78 is 15.5. The Morgan fingerprint density at radius 3 is 2.42 bits per heavy atom. The van der Waals surface area contributed by atoms with E-state index in [1.54, 1.807) is 26.3 Å². The number of nitrogens with zero attached hydrogens (tertiary/aromatic N) is 1. The number of esters is 1. The molecule has 2 rings (SSSR count). The Bertz CT molecular complexity index is 793. The second-order valence-corrected chi connectivity index (χ2v) is 5.92. The monoisotopic (exact) mass is 377 g/mol. The summed E-state index contributed by atoms with van der Waals surface area (Å²) in [5, 5.41) is 0.373. The molecule has 7 heteroatoms. The van der Waals surface area contributed by atoms with E-state index in [2.05, 4.69) is 0 Å². The second-order valence-electron chi connectivity index (χ2n) is 5.48. The van der Waals surface area contributed by atoms with Gasteiger partial charge >= 0.3 is 5.97 Å². The lowest BCUT2D eigenvalue weighted by molar-refractivity contribution is -0.133. The van der Waals surface area contributed by atoms with Gasteiger partial charge < -0.3 is 19.1 Å². The zero-order valence-corrected chi connectivity index (χ0v) is 15.6. The minimum atomic E-state index is -0.677.